The van der Waals surface area contributed by atoms with Gasteiger partial charge in [0.1, 0.15) is 11.6 Å². The number of ether oxygens (including phenoxy) is 1. The molecule has 0 saturated heterocycles. The Morgan fingerprint density at radius 3 is 2.77 bits per heavy atom. The van der Waals surface area contributed by atoms with Gasteiger partial charge in [-0.1, -0.05) is 35.0 Å². The normalized spacial score (nSPS) is 10.9. The van der Waals surface area contributed by atoms with Gasteiger partial charge in [-0.05, 0) is 46.6 Å². The number of amides is 1. The summed E-state index contributed by atoms with van der Waals surface area (Å²) in [6.45, 7) is 0.382. The van der Waals surface area contributed by atoms with Crippen LogP contribution in [0.5, 0.6) is 5.75 Å². The lowest BCUT2D eigenvalue weighted by molar-refractivity contribution is -0.113. The van der Waals surface area contributed by atoms with Crippen molar-refractivity contribution < 1.29 is 22.7 Å². The Bertz CT molecular complexity index is 1060. The minimum Gasteiger partial charge on any atom is -0.492 e. The zero-order chi connectivity index (χ0) is 22.4. The van der Waals surface area contributed by atoms with Crippen molar-refractivity contribution in [3.63, 3.8) is 0 Å². The van der Waals surface area contributed by atoms with Gasteiger partial charge in [-0.2, -0.15) is 0 Å². The van der Waals surface area contributed by atoms with E-state index in [4.69, 9.17) is 32.4 Å². The van der Waals surface area contributed by atoms with Crippen molar-refractivity contribution in [2.75, 3.05) is 17.7 Å². The van der Waals surface area contributed by atoms with Crippen LogP contribution in [-0.2, 0) is 11.2 Å². The van der Waals surface area contributed by atoms with E-state index in [1.165, 1.54) is 0 Å². The molecule has 0 atom stereocenters. The van der Waals surface area contributed by atoms with Gasteiger partial charge in [0.15, 0.2) is 5.82 Å². The molecular weight excluding hydrogens is 539 g/mol. The molecule has 164 valence electrons. The minimum atomic E-state index is -0.882. The third-order valence-electron chi connectivity index (χ3n) is 3.73. The number of halogens is 5. The van der Waals surface area contributed by atoms with Crippen LogP contribution < -0.4 is 10.1 Å². The molecule has 2 aromatic carbocycles. The summed E-state index contributed by atoms with van der Waals surface area (Å²) in [5, 5.41) is 11.3. The molecule has 12 heteroatoms. The van der Waals surface area contributed by atoms with Crippen LogP contribution in [0.4, 0.5) is 14.5 Å². The van der Waals surface area contributed by atoms with Crippen LogP contribution in [0.2, 0.25) is 10.0 Å². The molecule has 1 N–H and O–H groups in total. The third-order valence-corrected chi connectivity index (χ3v) is 5.71. The molecule has 0 aliphatic carbocycles. The molecule has 0 bridgehead atoms. The zero-order valence-electron chi connectivity index (χ0n) is 15.6. The maximum Gasteiger partial charge on any atom is 0.277 e. The Morgan fingerprint density at radius 2 is 2.03 bits per heavy atom. The predicted octanol–water partition coefficient (Wildman–Crippen LogP) is 6.16. The Labute approximate surface area is 198 Å². The summed E-state index contributed by atoms with van der Waals surface area (Å²) >= 11 is 15.9. The molecule has 6 nitrogen and oxygen atoms in total. The van der Waals surface area contributed by atoms with E-state index in [2.05, 4.69) is 31.4 Å². The van der Waals surface area contributed by atoms with Crippen LogP contribution in [0.1, 0.15) is 12.3 Å². The summed E-state index contributed by atoms with van der Waals surface area (Å²) in [4.78, 5) is 12.0. The maximum absolute atomic E-state index is 13.8. The summed E-state index contributed by atoms with van der Waals surface area (Å²) in [5.41, 5.74) is -0.140. The lowest BCUT2D eigenvalue weighted by Crippen LogP contribution is -2.15. The van der Waals surface area contributed by atoms with Gasteiger partial charge in [0.05, 0.1) is 23.1 Å². The molecule has 0 radical (unpaired) electrons. The van der Waals surface area contributed by atoms with Gasteiger partial charge in [0, 0.05) is 22.0 Å². The summed E-state index contributed by atoms with van der Waals surface area (Å²) in [5.74, 6) is -1.32. The second kappa shape index (κ2) is 11.1. The topological polar surface area (TPSA) is 77.2 Å². The molecule has 0 fully saturated rings. The number of aromatic nitrogens is 2. The van der Waals surface area contributed by atoms with Crippen molar-refractivity contribution in [1.82, 2.24) is 10.2 Å². The first-order valence-corrected chi connectivity index (χ1v) is 11.3. The van der Waals surface area contributed by atoms with Crippen molar-refractivity contribution in [1.29, 1.82) is 0 Å². The van der Waals surface area contributed by atoms with Gasteiger partial charge in [-0.25, -0.2) is 8.78 Å². The molecule has 0 aliphatic heterocycles. The molecule has 1 amide bonds. The molecule has 1 heterocycles. The van der Waals surface area contributed by atoms with E-state index in [1.807, 2.05) is 0 Å². The second-order valence-corrected chi connectivity index (χ2v) is 8.69. The Morgan fingerprint density at radius 1 is 1.23 bits per heavy atom. The fourth-order valence-electron chi connectivity index (χ4n) is 2.36. The molecular formula is C19H14BrCl2F2N3O3S. The number of nitrogens with zero attached hydrogens (tertiary/aromatic N) is 2. The number of anilines is 1. The van der Waals surface area contributed by atoms with Gasteiger partial charge in [0.25, 0.3) is 5.22 Å². The molecule has 3 aromatic rings. The van der Waals surface area contributed by atoms with Crippen LogP contribution >= 0.6 is 50.9 Å². The number of hydrogen-bond donors (Lipinski definition) is 1. The van der Waals surface area contributed by atoms with E-state index in [9.17, 15) is 13.6 Å². The first-order chi connectivity index (χ1) is 14.8. The Hall–Kier alpha value is -1.88. The number of benzene rings is 2. The van der Waals surface area contributed by atoms with Gasteiger partial charge in [-0.15, -0.1) is 10.2 Å². The van der Waals surface area contributed by atoms with E-state index < -0.39 is 17.5 Å². The SMILES string of the molecule is O=C(CSc1nnc(CCCOc2ccc(Cl)cc2Cl)o1)Nc1c(F)cc(F)cc1Br. The predicted molar refractivity (Wildman–Crippen MR) is 118 cm³/mol. The molecule has 0 aliphatic rings. The van der Waals surface area contributed by atoms with E-state index in [1.54, 1.807) is 18.2 Å². The largest absolute Gasteiger partial charge is 0.492 e. The fourth-order valence-corrected chi connectivity index (χ4v) is 3.91. The number of hydrogen-bond acceptors (Lipinski definition) is 6. The van der Waals surface area contributed by atoms with Gasteiger partial charge in [0.2, 0.25) is 11.8 Å². The fraction of sp³-hybridized carbons (Fsp3) is 0.211. The number of rotatable bonds is 9. The van der Waals surface area contributed by atoms with E-state index >= 15 is 0 Å². The molecule has 1 aromatic heterocycles. The number of nitrogens with one attached hydrogen (secondary N) is 1. The zero-order valence-corrected chi connectivity index (χ0v) is 19.5. The van der Waals surface area contributed by atoms with Crippen molar-refractivity contribution in [2.45, 2.75) is 18.1 Å². The Balaban J connectivity index is 1.42. The summed E-state index contributed by atoms with van der Waals surface area (Å²) < 4.78 is 38.0. The quantitative estimate of drug-likeness (QED) is 0.253. The van der Waals surface area contributed by atoms with Crippen LogP contribution in [-0.4, -0.2) is 28.5 Å². The average molecular weight is 553 g/mol. The number of aryl methyl sites for hydroxylation is 1. The van der Waals surface area contributed by atoms with Crippen molar-refractivity contribution in [3.05, 3.63) is 62.4 Å². The van der Waals surface area contributed by atoms with Crippen molar-refractivity contribution >= 4 is 62.5 Å². The average Bonchev–Trinajstić information content (AvgIpc) is 3.15. The minimum absolute atomic E-state index is 0.0942. The van der Waals surface area contributed by atoms with Crippen LogP contribution in [0, 0.1) is 11.6 Å². The highest BCUT2D eigenvalue weighted by atomic mass is 79.9. The van der Waals surface area contributed by atoms with Gasteiger partial charge in [-0.3, -0.25) is 4.79 Å². The molecule has 3 rings (SSSR count). The monoisotopic (exact) mass is 551 g/mol. The first-order valence-electron chi connectivity index (χ1n) is 8.79. The van der Waals surface area contributed by atoms with Crippen LogP contribution in [0.25, 0.3) is 0 Å². The van der Waals surface area contributed by atoms with Crippen molar-refractivity contribution in [3.8, 4) is 5.75 Å². The van der Waals surface area contributed by atoms with Gasteiger partial charge < -0.3 is 14.5 Å². The highest BCUT2D eigenvalue weighted by molar-refractivity contribution is 9.10. The van der Waals surface area contributed by atoms with Gasteiger partial charge >= 0.3 is 0 Å². The smallest absolute Gasteiger partial charge is 0.277 e. The van der Waals surface area contributed by atoms with E-state index in [0.29, 0.717) is 47.2 Å². The molecule has 31 heavy (non-hydrogen) atoms. The maximum atomic E-state index is 13.8. The third kappa shape index (κ3) is 7.06. The van der Waals surface area contributed by atoms with Crippen LogP contribution in [0.3, 0.4) is 0 Å². The van der Waals surface area contributed by atoms with E-state index in [-0.39, 0.29) is 21.1 Å². The number of carbonyl (C=O) groups excluding carboxylic acids is 1. The first kappa shape index (κ1) is 23.8. The highest BCUT2D eigenvalue weighted by Crippen LogP contribution is 2.28. The molecule has 0 spiro atoms. The lowest BCUT2D eigenvalue weighted by Gasteiger charge is -2.08. The van der Waals surface area contributed by atoms with E-state index in [0.717, 1.165) is 17.8 Å². The van der Waals surface area contributed by atoms with Crippen molar-refractivity contribution in [2.24, 2.45) is 0 Å². The summed E-state index contributed by atoms with van der Waals surface area (Å²) in [6.07, 6.45) is 1.07. The summed E-state index contributed by atoms with van der Waals surface area (Å²) in [6, 6.07) is 6.71. The summed E-state index contributed by atoms with van der Waals surface area (Å²) in [7, 11) is 0. The van der Waals surface area contributed by atoms with Crippen LogP contribution in [0.15, 0.2) is 44.4 Å². The Kier molecular flexibility index (Phi) is 8.53. The number of carbonyl (C=O) groups is 1. The second-order valence-electron chi connectivity index (χ2n) is 6.07. The highest BCUT2D eigenvalue weighted by Gasteiger charge is 2.15. The number of thioether (sulfide) groups is 1. The molecule has 0 saturated carbocycles. The lowest BCUT2D eigenvalue weighted by atomic mass is 10.3. The molecule has 0 unspecified atom stereocenters. The standard InChI is InChI=1S/C19H14BrCl2F2N3O3S/c20-12-7-11(23)8-14(24)18(12)25-16(28)9-31-19-27-26-17(30-19)2-1-5-29-15-4-3-10(21)6-13(15)22/h3-4,6-8H,1-2,5,9H2,(H,25,28).